The van der Waals surface area contributed by atoms with Crippen LogP contribution in [0.2, 0.25) is 0 Å². The summed E-state index contributed by atoms with van der Waals surface area (Å²) < 4.78 is 11.3. The van der Waals surface area contributed by atoms with Gasteiger partial charge in [-0.3, -0.25) is 4.79 Å². The van der Waals surface area contributed by atoms with Crippen LogP contribution in [0.1, 0.15) is 46.0 Å². The molecule has 1 unspecified atom stereocenters. The van der Waals surface area contributed by atoms with Gasteiger partial charge in [-0.25, -0.2) is 0 Å². The SMILES string of the molecule is CCCCC1(C2(C)OCCO2)CCC1=O. The molecule has 0 bridgehead atoms. The van der Waals surface area contributed by atoms with Gasteiger partial charge in [0.2, 0.25) is 0 Å². The second kappa shape index (κ2) is 3.87. The average Bonchev–Trinajstić information content (AvgIpc) is 2.65. The van der Waals surface area contributed by atoms with E-state index in [4.69, 9.17) is 9.47 Å². The van der Waals surface area contributed by atoms with Gasteiger partial charge in [0.15, 0.2) is 5.79 Å². The van der Waals surface area contributed by atoms with Gasteiger partial charge >= 0.3 is 0 Å². The number of ether oxygens (including phenoxy) is 2. The van der Waals surface area contributed by atoms with Gasteiger partial charge in [-0.1, -0.05) is 19.8 Å². The van der Waals surface area contributed by atoms with Crippen LogP contribution in [0.5, 0.6) is 0 Å². The van der Waals surface area contributed by atoms with Crippen molar-refractivity contribution in [3.05, 3.63) is 0 Å². The molecule has 0 amide bonds. The zero-order valence-corrected chi connectivity index (χ0v) is 9.67. The first kappa shape index (κ1) is 11.1. The Morgan fingerprint density at radius 3 is 2.40 bits per heavy atom. The van der Waals surface area contributed by atoms with Crippen LogP contribution in [0.3, 0.4) is 0 Å². The summed E-state index contributed by atoms with van der Waals surface area (Å²) in [5.74, 6) is -0.308. The molecule has 0 N–H and O–H groups in total. The number of Topliss-reactive ketones (excluding diaryl/α,β-unsaturated/α-hetero) is 1. The smallest absolute Gasteiger partial charge is 0.178 e. The summed E-state index contributed by atoms with van der Waals surface area (Å²) in [7, 11) is 0. The van der Waals surface area contributed by atoms with E-state index in [9.17, 15) is 4.79 Å². The fraction of sp³-hybridized carbons (Fsp3) is 0.917. The Bertz CT molecular complexity index is 256. The molecule has 2 aliphatic rings. The van der Waals surface area contributed by atoms with Gasteiger partial charge in [-0.15, -0.1) is 0 Å². The molecule has 1 saturated carbocycles. The van der Waals surface area contributed by atoms with E-state index >= 15 is 0 Å². The van der Waals surface area contributed by atoms with E-state index in [1.54, 1.807) is 0 Å². The van der Waals surface area contributed by atoms with Gasteiger partial charge in [-0.05, 0) is 19.8 Å². The predicted molar refractivity (Wildman–Crippen MR) is 56.5 cm³/mol. The summed E-state index contributed by atoms with van der Waals surface area (Å²) in [5.41, 5.74) is -0.334. The largest absolute Gasteiger partial charge is 0.347 e. The zero-order valence-electron chi connectivity index (χ0n) is 9.67. The molecule has 0 aromatic heterocycles. The van der Waals surface area contributed by atoms with Crippen LogP contribution in [0.25, 0.3) is 0 Å². The van der Waals surface area contributed by atoms with E-state index < -0.39 is 5.79 Å². The highest BCUT2D eigenvalue weighted by atomic mass is 16.7. The molecule has 2 rings (SSSR count). The Balaban J connectivity index is 2.15. The van der Waals surface area contributed by atoms with E-state index in [0.29, 0.717) is 25.4 Å². The maximum absolute atomic E-state index is 11.9. The van der Waals surface area contributed by atoms with Crippen molar-refractivity contribution in [2.75, 3.05) is 13.2 Å². The number of carbonyl (C=O) groups excluding carboxylic acids is 1. The lowest BCUT2D eigenvalue weighted by molar-refractivity contribution is -0.239. The van der Waals surface area contributed by atoms with E-state index in [1.807, 2.05) is 6.92 Å². The Labute approximate surface area is 91.1 Å². The van der Waals surface area contributed by atoms with Gasteiger partial charge in [0.25, 0.3) is 0 Å². The minimum atomic E-state index is -0.641. The summed E-state index contributed by atoms with van der Waals surface area (Å²) in [5, 5.41) is 0. The third-order valence-corrected chi connectivity index (χ3v) is 3.98. The maximum Gasteiger partial charge on any atom is 0.178 e. The second-order valence-electron chi connectivity index (χ2n) is 4.75. The van der Waals surface area contributed by atoms with Crippen molar-refractivity contribution >= 4 is 5.78 Å². The summed E-state index contributed by atoms with van der Waals surface area (Å²) in [6.07, 6.45) is 4.74. The molecule has 0 radical (unpaired) electrons. The van der Waals surface area contributed by atoms with Crippen LogP contribution in [-0.2, 0) is 14.3 Å². The van der Waals surface area contributed by atoms with E-state index in [-0.39, 0.29) is 5.41 Å². The summed E-state index contributed by atoms with van der Waals surface area (Å²) in [6.45, 7) is 5.33. The van der Waals surface area contributed by atoms with Crippen LogP contribution in [0, 0.1) is 5.41 Å². The Morgan fingerprint density at radius 2 is 2.00 bits per heavy atom. The molecule has 2 fully saturated rings. The molecule has 0 spiro atoms. The first-order valence-corrected chi connectivity index (χ1v) is 5.96. The monoisotopic (exact) mass is 212 g/mol. The Hall–Kier alpha value is -0.410. The molecule has 3 heteroatoms. The van der Waals surface area contributed by atoms with Crippen molar-refractivity contribution in [3.8, 4) is 0 Å². The van der Waals surface area contributed by atoms with Gasteiger partial charge in [0.05, 0.1) is 18.6 Å². The normalized spacial score (nSPS) is 34.1. The second-order valence-corrected chi connectivity index (χ2v) is 4.75. The third kappa shape index (κ3) is 1.53. The van der Waals surface area contributed by atoms with E-state index in [2.05, 4.69) is 6.92 Å². The molecule has 1 aliphatic heterocycles. The molecule has 86 valence electrons. The fourth-order valence-electron chi connectivity index (χ4n) is 2.77. The van der Waals surface area contributed by atoms with Gasteiger partial charge in [0.1, 0.15) is 5.78 Å². The summed E-state index contributed by atoms with van der Waals surface area (Å²) in [4.78, 5) is 11.9. The lowest BCUT2D eigenvalue weighted by Gasteiger charge is -2.49. The van der Waals surface area contributed by atoms with Crippen LogP contribution >= 0.6 is 0 Å². The number of unbranched alkanes of at least 4 members (excludes halogenated alkanes) is 1. The van der Waals surface area contributed by atoms with Crippen molar-refractivity contribution < 1.29 is 14.3 Å². The number of rotatable bonds is 4. The molecule has 1 aliphatic carbocycles. The molecule has 1 saturated heterocycles. The minimum absolute atomic E-state index is 0.334. The average molecular weight is 212 g/mol. The Kier molecular flexibility index (Phi) is 2.86. The first-order chi connectivity index (χ1) is 7.15. The van der Waals surface area contributed by atoms with Crippen molar-refractivity contribution in [2.24, 2.45) is 5.41 Å². The molecule has 0 aromatic rings. The Morgan fingerprint density at radius 1 is 1.33 bits per heavy atom. The lowest BCUT2D eigenvalue weighted by atomic mass is 9.60. The van der Waals surface area contributed by atoms with E-state index in [1.165, 1.54) is 0 Å². The molecule has 3 nitrogen and oxygen atoms in total. The fourth-order valence-corrected chi connectivity index (χ4v) is 2.77. The van der Waals surface area contributed by atoms with Gasteiger partial charge < -0.3 is 9.47 Å². The predicted octanol–water partition coefficient (Wildman–Crippen LogP) is 2.29. The molecule has 0 aromatic carbocycles. The number of ketones is 1. The highest BCUT2D eigenvalue weighted by Gasteiger charge is 2.61. The van der Waals surface area contributed by atoms with Crippen molar-refractivity contribution in [1.82, 2.24) is 0 Å². The van der Waals surface area contributed by atoms with Crippen LogP contribution < -0.4 is 0 Å². The van der Waals surface area contributed by atoms with Crippen molar-refractivity contribution in [2.45, 2.75) is 51.7 Å². The molecular weight excluding hydrogens is 192 g/mol. The quantitative estimate of drug-likeness (QED) is 0.717. The zero-order chi connectivity index (χ0) is 10.9. The van der Waals surface area contributed by atoms with E-state index in [0.717, 1.165) is 25.7 Å². The van der Waals surface area contributed by atoms with Crippen LogP contribution in [-0.4, -0.2) is 24.8 Å². The first-order valence-electron chi connectivity index (χ1n) is 5.96. The number of carbonyl (C=O) groups is 1. The molecule has 1 atom stereocenters. The highest BCUT2D eigenvalue weighted by molar-refractivity contribution is 5.91. The van der Waals surface area contributed by atoms with Crippen molar-refractivity contribution in [3.63, 3.8) is 0 Å². The summed E-state index contributed by atoms with van der Waals surface area (Å²) in [6, 6.07) is 0. The molecule has 1 heterocycles. The number of hydrogen-bond donors (Lipinski definition) is 0. The van der Waals surface area contributed by atoms with Gasteiger partial charge in [-0.2, -0.15) is 0 Å². The summed E-state index contributed by atoms with van der Waals surface area (Å²) >= 11 is 0. The number of hydrogen-bond acceptors (Lipinski definition) is 3. The van der Waals surface area contributed by atoms with Crippen LogP contribution in [0.15, 0.2) is 0 Å². The minimum Gasteiger partial charge on any atom is -0.347 e. The third-order valence-electron chi connectivity index (χ3n) is 3.98. The highest BCUT2D eigenvalue weighted by Crippen LogP contribution is 2.53. The lowest BCUT2D eigenvalue weighted by Crippen LogP contribution is -2.57. The maximum atomic E-state index is 11.9. The van der Waals surface area contributed by atoms with Crippen LogP contribution in [0.4, 0.5) is 0 Å². The van der Waals surface area contributed by atoms with Crippen molar-refractivity contribution in [1.29, 1.82) is 0 Å². The molecule has 15 heavy (non-hydrogen) atoms. The topological polar surface area (TPSA) is 35.5 Å². The van der Waals surface area contributed by atoms with Gasteiger partial charge in [0, 0.05) is 6.42 Å². The standard InChI is InChI=1S/C12H20O3/c1-3-4-6-12(7-5-10(12)13)11(2)14-8-9-15-11/h3-9H2,1-2H3. The molecular formula is C12H20O3.